The topological polar surface area (TPSA) is 96.0 Å². The molecule has 1 atom stereocenters. The van der Waals surface area contributed by atoms with E-state index in [1.54, 1.807) is 68.4 Å². The van der Waals surface area contributed by atoms with Gasteiger partial charge in [-0.05, 0) is 55.3 Å². The monoisotopic (exact) mass is 639 g/mol. The van der Waals surface area contributed by atoms with E-state index in [0.29, 0.717) is 21.7 Å². The first-order chi connectivity index (χ1) is 20.1. The molecule has 0 bridgehead atoms. The molecule has 0 aliphatic heterocycles. The van der Waals surface area contributed by atoms with E-state index in [4.69, 9.17) is 16.3 Å². The first-order valence-electron chi connectivity index (χ1n) is 13.2. The number of anilines is 1. The van der Waals surface area contributed by atoms with Crippen LogP contribution in [0.5, 0.6) is 5.75 Å². The molecule has 1 N–H and O–H groups in total. The SMILES string of the molecule is COc1cccc(CN(C(=O)CN(c2ccc(Cl)c(C(F)(F)F)c2)S(C)(=O)=O)[C@H](Cc2ccccc2)C(=O)NC(C)C)c1. The van der Waals surface area contributed by atoms with Crippen molar-refractivity contribution < 1.29 is 35.9 Å². The normalized spacial score (nSPS) is 12.5. The van der Waals surface area contributed by atoms with Crippen LogP contribution in [0.1, 0.15) is 30.5 Å². The Balaban J connectivity index is 2.11. The molecule has 3 aromatic carbocycles. The zero-order chi connectivity index (χ0) is 31.9. The molecular weight excluding hydrogens is 607 g/mol. The summed E-state index contributed by atoms with van der Waals surface area (Å²) in [6.45, 7) is 2.53. The van der Waals surface area contributed by atoms with Crippen LogP contribution in [0, 0.1) is 0 Å². The summed E-state index contributed by atoms with van der Waals surface area (Å²) in [4.78, 5) is 28.9. The van der Waals surface area contributed by atoms with Crippen molar-refractivity contribution in [2.75, 3.05) is 24.2 Å². The fraction of sp³-hybridized carbons (Fsp3) is 0.333. The molecule has 43 heavy (non-hydrogen) atoms. The van der Waals surface area contributed by atoms with Crippen molar-refractivity contribution in [1.82, 2.24) is 10.2 Å². The van der Waals surface area contributed by atoms with Crippen molar-refractivity contribution in [3.05, 3.63) is 94.5 Å². The Morgan fingerprint density at radius 3 is 2.21 bits per heavy atom. The van der Waals surface area contributed by atoms with Crippen molar-refractivity contribution >= 4 is 39.1 Å². The summed E-state index contributed by atoms with van der Waals surface area (Å²) in [5, 5.41) is 2.20. The standard InChI is InChI=1S/C30H33ClF3N3O5S/c1-20(2)35-29(39)27(16-21-9-6-5-7-10-21)36(18-22-11-8-12-24(15-22)42-3)28(38)19-37(43(4,40)41)23-13-14-26(31)25(17-23)30(32,33)34/h5-15,17,20,27H,16,18-19H2,1-4H3,(H,35,39)/t27-/m1/s1. The number of hydrogen-bond donors (Lipinski definition) is 1. The number of amides is 2. The fourth-order valence-corrected chi connectivity index (χ4v) is 5.47. The molecule has 8 nitrogen and oxygen atoms in total. The highest BCUT2D eigenvalue weighted by molar-refractivity contribution is 7.92. The maximum Gasteiger partial charge on any atom is 0.417 e. The van der Waals surface area contributed by atoms with Crippen LogP contribution in [0.25, 0.3) is 0 Å². The summed E-state index contributed by atoms with van der Waals surface area (Å²) >= 11 is 5.75. The van der Waals surface area contributed by atoms with Crippen LogP contribution in [0.3, 0.4) is 0 Å². The molecule has 0 saturated carbocycles. The average Bonchev–Trinajstić information content (AvgIpc) is 2.93. The Bertz CT molecular complexity index is 1540. The number of halogens is 4. The van der Waals surface area contributed by atoms with Crippen LogP contribution in [0.15, 0.2) is 72.8 Å². The highest BCUT2D eigenvalue weighted by Crippen LogP contribution is 2.37. The average molecular weight is 640 g/mol. The quantitative estimate of drug-likeness (QED) is 0.290. The predicted octanol–water partition coefficient (Wildman–Crippen LogP) is 5.30. The van der Waals surface area contributed by atoms with Gasteiger partial charge in [-0.3, -0.25) is 13.9 Å². The summed E-state index contributed by atoms with van der Waals surface area (Å²) < 4.78 is 72.4. The predicted molar refractivity (Wildman–Crippen MR) is 159 cm³/mol. The lowest BCUT2D eigenvalue weighted by Crippen LogP contribution is -2.54. The second-order valence-corrected chi connectivity index (χ2v) is 12.5. The molecule has 232 valence electrons. The smallest absolute Gasteiger partial charge is 0.417 e. The summed E-state index contributed by atoms with van der Waals surface area (Å²) in [5.74, 6) is -0.793. The van der Waals surface area contributed by atoms with Crippen LogP contribution in [0.4, 0.5) is 18.9 Å². The number of rotatable bonds is 12. The lowest BCUT2D eigenvalue weighted by Gasteiger charge is -2.34. The van der Waals surface area contributed by atoms with Crippen molar-refractivity contribution in [2.24, 2.45) is 0 Å². The molecule has 3 rings (SSSR count). The maximum absolute atomic E-state index is 14.1. The van der Waals surface area contributed by atoms with Gasteiger partial charge >= 0.3 is 6.18 Å². The Hall–Kier alpha value is -3.77. The van der Waals surface area contributed by atoms with Gasteiger partial charge in [0.05, 0.1) is 29.6 Å². The van der Waals surface area contributed by atoms with Gasteiger partial charge in [-0.1, -0.05) is 54.1 Å². The lowest BCUT2D eigenvalue weighted by molar-refractivity contribution is -0.140. The van der Waals surface area contributed by atoms with Crippen molar-refractivity contribution in [3.8, 4) is 5.75 Å². The van der Waals surface area contributed by atoms with Gasteiger partial charge in [0.1, 0.15) is 18.3 Å². The number of nitrogens with zero attached hydrogens (tertiary/aromatic N) is 2. The zero-order valence-electron chi connectivity index (χ0n) is 24.1. The van der Waals surface area contributed by atoms with Crippen molar-refractivity contribution in [3.63, 3.8) is 0 Å². The molecule has 3 aromatic rings. The van der Waals surface area contributed by atoms with Gasteiger partial charge in [-0.15, -0.1) is 0 Å². The minimum Gasteiger partial charge on any atom is -0.497 e. The molecule has 0 aromatic heterocycles. The Morgan fingerprint density at radius 2 is 1.63 bits per heavy atom. The molecule has 2 amide bonds. The lowest BCUT2D eigenvalue weighted by atomic mass is 10.0. The third-order valence-electron chi connectivity index (χ3n) is 6.41. The van der Waals surface area contributed by atoms with Crippen LogP contribution in [-0.2, 0) is 38.8 Å². The molecule has 13 heteroatoms. The highest BCUT2D eigenvalue weighted by atomic mass is 35.5. The summed E-state index contributed by atoms with van der Waals surface area (Å²) in [5.41, 5.74) is -0.332. The third-order valence-corrected chi connectivity index (χ3v) is 7.88. The van der Waals surface area contributed by atoms with E-state index in [1.165, 1.54) is 12.0 Å². The molecule has 0 aliphatic rings. The van der Waals surface area contributed by atoms with E-state index < -0.39 is 56.9 Å². The van der Waals surface area contributed by atoms with Gasteiger partial charge in [-0.25, -0.2) is 8.42 Å². The number of carbonyl (C=O) groups is 2. The number of carbonyl (C=O) groups excluding carboxylic acids is 2. The third kappa shape index (κ3) is 9.36. The number of alkyl halides is 3. The number of hydrogen-bond acceptors (Lipinski definition) is 5. The van der Waals surface area contributed by atoms with Gasteiger partial charge in [-0.2, -0.15) is 13.2 Å². The first kappa shape index (κ1) is 33.7. The molecule has 0 aliphatic carbocycles. The molecule has 0 heterocycles. The molecule has 0 spiro atoms. The zero-order valence-corrected chi connectivity index (χ0v) is 25.6. The number of ether oxygens (including phenoxy) is 1. The van der Waals surface area contributed by atoms with E-state index in [9.17, 15) is 31.2 Å². The largest absolute Gasteiger partial charge is 0.497 e. The van der Waals surface area contributed by atoms with E-state index in [1.807, 2.05) is 0 Å². The second kappa shape index (κ2) is 14.1. The summed E-state index contributed by atoms with van der Waals surface area (Å²) in [6.07, 6.45) is -4.00. The van der Waals surface area contributed by atoms with Crippen molar-refractivity contribution in [1.29, 1.82) is 0 Å². The highest BCUT2D eigenvalue weighted by Gasteiger charge is 2.36. The van der Waals surface area contributed by atoms with E-state index in [2.05, 4.69) is 5.32 Å². The molecule has 0 saturated heterocycles. The van der Waals surface area contributed by atoms with Crippen LogP contribution < -0.4 is 14.4 Å². The van der Waals surface area contributed by atoms with Crippen LogP contribution in [0.2, 0.25) is 5.02 Å². The van der Waals surface area contributed by atoms with E-state index in [-0.39, 0.29) is 19.0 Å². The van der Waals surface area contributed by atoms with Gasteiger partial charge < -0.3 is 15.0 Å². The van der Waals surface area contributed by atoms with Crippen LogP contribution in [-0.4, -0.2) is 57.1 Å². The number of sulfonamides is 1. The minimum atomic E-state index is -4.87. The van der Waals surface area contributed by atoms with Crippen molar-refractivity contribution in [2.45, 2.75) is 45.1 Å². The number of benzene rings is 3. The number of nitrogens with one attached hydrogen (secondary N) is 1. The van der Waals surface area contributed by atoms with Gasteiger partial charge in [0.25, 0.3) is 0 Å². The van der Waals surface area contributed by atoms with E-state index >= 15 is 0 Å². The van der Waals surface area contributed by atoms with Gasteiger partial charge in [0.2, 0.25) is 21.8 Å². The Morgan fingerprint density at radius 1 is 0.977 bits per heavy atom. The molecule has 0 fully saturated rings. The first-order valence-corrected chi connectivity index (χ1v) is 15.4. The summed E-state index contributed by atoms with van der Waals surface area (Å²) in [7, 11) is -2.80. The molecule has 0 radical (unpaired) electrons. The Kier molecular flexibility index (Phi) is 11.1. The summed E-state index contributed by atoms with van der Waals surface area (Å²) in [6, 6.07) is 17.0. The minimum absolute atomic E-state index is 0.0904. The van der Waals surface area contributed by atoms with Gasteiger partial charge in [0, 0.05) is 19.0 Å². The second-order valence-electron chi connectivity index (χ2n) is 10.2. The van der Waals surface area contributed by atoms with E-state index in [0.717, 1.165) is 24.0 Å². The molecule has 0 unspecified atom stereocenters. The van der Waals surface area contributed by atoms with Crippen LogP contribution >= 0.6 is 11.6 Å². The Labute approximate surface area is 254 Å². The molecular formula is C30H33ClF3N3O5S. The number of methoxy groups -OCH3 is 1. The van der Waals surface area contributed by atoms with Gasteiger partial charge in [0.15, 0.2) is 0 Å². The maximum atomic E-state index is 14.1. The fourth-order valence-electron chi connectivity index (χ4n) is 4.40.